The van der Waals surface area contributed by atoms with Gasteiger partial charge in [0.1, 0.15) is 22.9 Å². The Kier molecular flexibility index (Phi) is 4.77. The molecule has 0 aliphatic heterocycles. The highest BCUT2D eigenvalue weighted by Gasteiger charge is 2.18. The van der Waals surface area contributed by atoms with Gasteiger partial charge in [-0.1, -0.05) is 18.2 Å². The maximum atomic E-state index is 5.45. The highest BCUT2D eigenvalue weighted by Crippen LogP contribution is 2.27. The quantitative estimate of drug-likeness (QED) is 0.691. The number of aryl methyl sites for hydroxylation is 2. The maximum Gasteiger partial charge on any atom is 0.139 e. The molecule has 0 atom stereocenters. The van der Waals surface area contributed by atoms with E-state index in [4.69, 9.17) is 9.72 Å². The average molecular weight is 349 g/mol. The number of benzene rings is 1. The molecule has 4 nitrogen and oxygen atoms in total. The van der Waals surface area contributed by atoms with Gasteiger partial charge in [-0.05, 0) is 70.5 Å². The third kappa shape index (κ3) is 3.74. The molecule has 4 heteroatoms. The molecule has 0 saturated carbocycles. The maximum absolute atomic E-state index is 5.45. The van der Waals surface area contributed by atoms with Gasteiger partial charge in [0.25, 0.3) is 0 Å². The Hall–Kier alpha value is -2.75. The number of ether oxygens (including phenoxy) is 1. The van der Waals surface area contributed by atoms with E-state index in [0.29, 0.717) is 0 Å². The van der Waals surface area contributed by atoms with Crippen molar-refractivity contribution in [2.45, 2.75) is 40.2 Å². The van der Waals surface area contributed by atoms with Crippen molar-refractivity contribution < 1.29 is 4.74 Å². The van der Waals surface area contributed by atoms with Crippen LogP contribution in [0.2, 0.25) is 0 Å². The first-order valence-electron chi connectivity index (χ1n) is 8.87. The molecule has 0 amide bonds. The fourth-order valence-corrected chi connectivity index (χ4v) is 3.11. The van der Waals surface area contributed by atoms with Crippen LogP contribution in [-0.4, -0.2) is 22.0 Å². The molecule has 1 N–H and O–H groups in total. The second-order valence-corrected chi connectivity index (χ2v) is 7.66. The lowest BCUT2D eigenvalue weighted by atomic mass is 10.1. The van der Waals surface area contributed by atoms with E-state index in [1.54, 1.807) is 7.11 Å². The fraction of sp³-hybridized carbons (Fsp3) is 0.318. The molecule has 3 rings (SSSR count). The number of imidazole rings is 1. The minimum Gasteiger partial charge on any atom is -0.496 e. The number of para-hydroxylation sites is 1. The van der Waals surface area contributed by atoms with Gasteiger partial charge in [0, 0.05) is 16.8 Å². The Labute approximate surface area is 155 Å². The summed E-state index contributed by atoms with van der Waals surface area (Å²) < 4.78 is 7.63. The SMILES string of the molecule is COc1ccccc1C=Cc1nc2cc(C)cc(C)n2c1NC(C)(C)C. The molecule has 0 spiro atoms. The molecule has 1 aromatic carbocycles. The third-order valence-electron chi connectivity index (χ3n) is 4.13. The molecule has 2 heterocycles. The van der Waals surface area contributed by atoms with Crippen LogP contribution in [0, 0.1) is 13.8 Å². The number of rotatable bonds is 4. The second kappa shape index (κ2) is 6.87. The van der Waals surface area contributed by atoms with E-state index >= 15 is 0 Å². The summed E-state index contributed by atoms with van der Waals surface area (Å²) >= 11 is 0. The molecule has 136 valence electrons. The van der Waals surface area contributed by atoms with Crippen molar-refractivity contribution in [1.82, 2.24) is 9.38 Å². The van der Waals surface area contributed by atoms with Crippen molar-refractivity contribution in [3.63, 3.8) is 0 Å². The summed E-state index contributed by atoms with van der Waals surface area (Å²) in [6, 6.07) is 12.3. The van der Waals surface area contributed by atoms with E-state index < -0.39 is 0 Å². The predicted molar refractivity (Wildman–Crippen MR) is 110 cm³/mol. The van der Waals surface area contributed by atoms with Gasteiger partial charge in [0.05, 0.1) is 7.11 Å². The van der Waals surface area contributed by atoms with E-state index in [9.17, 15) is 0 Å². The molecule has 2 aromatic heterocycles. The van der Waals surface area contributed by atoms with E-state index in [2.05, 4.69) is 62.5 Å². The lowest BCUT2D eigenvalue weighted by Gasteiger charge is -2.22. The first-order valence-corrected chi connectivity index (χ1v) is 8.87. The number of anilines is 1. The van der Waals surface area contributed by atoms with Crippen LogP contribution in [0.1, 0.15) is 43.3 Å². The largest absolute Gasteiger partial charge is 0.496 e. The standard InChI is InChI=1S/C22H27N3O/c1-15-13-16(2)25-20(14-15)23-18(21(25)24-22(3,4)5)12-11-17-9-7-8-10-19(17)26-6/h7-14,24H,1-6H3. The Morgan fingerprint density at radius 2 is 1.81 bits per heavy atom. The van der Waals surface area contributed by atoms with Gasteiger partial charge in [-0.3, -0.25) is 4.40 Å². The number of nitrogens with zero attached hydrogens (tertiary/aromatic N) is 2. The zero-order valence-corrected chi connectivity index (χ0v) is 16.4. The van der Waals surface area contributed by atoms with Gasteiger partial charge in [0.2, 0.25) is 0 Å². The smallest absolute Gasteiger partial charge is 0.139 e. The van der Waals surface area contributed by atoms with Crippen molar-refractivity contribution in [2.75, 3.05) is 12.4 Å². The molecule has 0 unspecified atom stereocenters. The first kappa shape index (κ1) is 18.1. The molecular weight excluding hydrogens is 322 g/mol. The Bertz CT molecular complexity index is 961. The number of methoxy groups -OCH3 is 1. The molecule has 3 aromatic rings. The molecule has 0 aliphatic carbocycles. The average Bonchev–Trinajstić information content (AvgIpc) is 2.88. The molecule has 26 heavy (non-hydrogen) atoms. The Morgan fingerprint density at radius 1 is 1.08 bits per heavy atom. The Balaban J connectivity index is 2.14. The van der Waals surface area contributed by atoms with Crippen LogP contribution in [0.3, 0.4) is 0 Å². The first-order chi connectivity index (χ1) is 12.3. The van der Waals surface area contributed by atoms with Gasteiger partial charge in [0.15, 0.2) is 0 Å². The van der Waals surface area contributed by atoms with Gasteiger partial charge in [-0.25, -0.2) is 4.98 Å². The molecule has 0 aliphatic rings. The topological polar surface area (TPSA) is 38.6 Å². The monoisotopic (exact) mass is 349 g/mol. The zero-order chi connectivity index (χ0) is 18.9. The van der Waals surface area contributed by atoms with Crippen LogP contribution in [0.5, 0.6) is 5.75 Å². The normalized spacial score (nSPS) is 12.1. The molecular formula is C22H27N3O. The summed E-state index contributed by atoms with van der Waals surface area (Å²) in [5.41, 5.74) is 5.20. The summed E-state index contributed by atoms with van der Waals surface area (Å²) in [5, 5.41) is 3.62. The summed E-state index contributed by atoms with van der Waals surface area (Å²) in [4.78, 5) is 4.86. The van der Waals surface area contributed by atoms with Crippen LogP contribution >= 0.6 is 0 Å². The second-order valence-electron chi connectivity index (χ2n) is 7.66. The number of aromatic nitrogens is 2. The number of hydrogen-bond acceptors (Lipinski definition) is 3. The molecule has 0 fully saturated rings. The van der Waals surface area contributed by atoms with E-state index in [0.717, 1.165) is 34.2 Å². The summed E-state index contributed by atoms with van der Waals surface area (Å²) in [5.74, 6) is 1.86. The summed E-state index contributed by atoms with van der Waals surface area (Å²) in [6.07, 6.45) is 4.10. The minimum atomic E-state index is -0.0691. The van der Waals surface area contributed by atoms with Crippen molar-refractivity contribution in [3.05, 3.63) is 58.9 Å². The lowest BCUT2D eigenvalue weighted by molar-refractivity contribution is 0.414. The third-order valence-corrected chi connectivity index (χ3v) is 4.13. The van der Waals surface area contributed by atoms with Crippen molar-refractivity contribution in [1.29, 1.82) is 0 Å². The van der Waals surface area contributed by atoms with Crippen LogP contribution < -0.4 is 10.1 Å². The lowest BCUT2D eigenvalue weighted by Crippen LogP contribution is -2.27. The molecule has 0 bridgehead atoms. The number of pyridine rings is 1. The van der Waals surface area contributed by atoms with Crippen molar-refractivity contribution in [2.24, 2.45) is 0 Å². The minimum absolute atomic E-state index is 0.0691. The number of nitrogens with one attached hydrogen (secondary N) is 1. The van der Waals surface area contributed by atoms with Crippen LogP contribution in [0.25, 0.3) is 17.8 Å². The summed E-state index contributed by atoms with van der Waals surface area (Å²) in [6.45, 7) is 10.7. The highest BCUT2D eigenvalue weighted by molar-refractivity contribution is 5.78. The molecule has 0 radical (unpaired) electrons. The van der Waals surface area contributed by atoms with Gasteiger partial charge < -0.3 is 10.1 Å². The van der Waals surface area contributed by atoms with Crippen LogP contribution in [0.15, 0.2) is 36.4 Å². The Morgan fingerprint density at radius 3 is 2.50 bits per heavy atom. The van der Waals surface area contributed by atoms with Crippen LogP contribution in [0.4, 0.5) is 5.82 Å². The van der Waals surface area contributed by atoms with Crippen LogP contribution in [-0.2, 0) is 0 Å². The highest BCUT2D eigenvalue weighted by atomic mass is 16.5. The number of fused-ring (bicyclic) bond motifs is 1. The zero-order valence-electron chi connectivity index (χ0n) is 16.4. The molecule has 0 saturated heterocycles. The predicted octanol–water partition coefficient (Wildman–Crippen LogP) is 5.34. The van der Waals surface area contributed by atoms with Gasteiger partial charge in [-0.15, -0.1) is 0 Å². The summed E-state index contributed by atoms with van der Waals surface area (Å²) in [7, 11) is 1.69. The van der Waals surface area contributed by atoms with Crippen molar-refractivity contribution >= 4 is 23.6 Å². The van der Waals surface area contributed by atoms with Gasteiger partial charge in [-0.2, -0.15) is 0 Å². The van der Waals surface area contributed by atoms with Gasteiger partial charge >= 0.3 is 0 Å². The fourth-order valence-electron chi connectivity index (χ4n) is 3.11. The van der Waals surface area contributed by atoms with E-state index in [-0.39, 0.29) is 5.54 Å². The van der Waals surface area contributed by atoms with Crippen molar-refractivity contribution in [3.8, 4) is 5.75 Å². The van der Waals surface area contributed by atoms with E-state index in [1.807, 2.05) is 30.3 Å². The number of hydrogen-bond donors (Lipinski definition) is 1. The van der Waals surface area contributed by atoms with E-state index in [1.165, 1.54) is 5.56 Å².